The quantitative estimate of drug-likeness (QED) is 0.725. The topological polar surface area (TPSA) is 38.5 Å². The van der Waals surface area contributed by atoms with Crippen LogP contribution in [0.3, 0.4) is 0 Å². The minimum Gasteiger partial charge on any atom is -0.377 e. The first kappa shape index (κ1) is 15.9. The van der Waals surface area contributed by atoms with E-state index in [9.17, 15) is 0 Å². The Kier molecular flexibility index (Phi) is 7.87. The van der Waals surface area contributed by atoms with Gasteiger partial charge in [-0.15, -0.1) is 0 Å². The molecule has 0 aliphatic heterocycles. The van der Waals surface area contributed by atoms with Gasteiger partial charge in [0.1, 0.15) is 0 Å². The molecule has 1 atom stereocenters. The van der Waals surface area contributed by atoms with Crippen molar-refractivity contribution in [3.05, 3.63) is 0 Å². The number of hydrogen-bond acceptors (Lipinski definition) is 3. The number of nitrogens with two attached hydrogens (primary N) is 1. The van der Waals surface area contributed by atoms with Crippen LogP contribution in [0.1, 0.15) is 52.4 Å². The summed E-state index contributed by atoms with van der Waals surface area (Å²) in [4.78, 5) is 2.52. The van der Waals surface area contributed by atoms with Gasteiger partial charge in [0.2, 0.25) is 0 Å². The molecule has 1 aliphatic carbocycles. The zero-order valence-electron chi connectivity index (χ0n) is 12.5. The van der Waals surface area contributed by atoms with Gasteiger partial charge in [0, 0.05) is 25.7 Å². The molecule has 0 aromatic carbocycles. The van der Waals surface area contributed by atoms with E-state index in [1.54, 1.807) is 0 Å². The van der Waals surface area contributed by atoms with E-state index in [2.05, 4.69) is 18.9 Å². The molecular weight excluding hydrogens is 224 g/mol. The first-order valence-electron chi connectivity index (χ1n) is 7.73. The lowest BCUT2D eigenvalue weighted by atomic mass is 9.84. The Labute approximate surface area is 113 Å². The van der Waals surface area contributed by atoms with E-state index in [1.165, 1.54) is 32.1 Å². The van der Waals surface area contributed by atoms with E-state index in [4.69, 9.17) is 10.5 Å². The molecule has 0 radical (unpaired) electrons. The van der Waals surface area contributed by atoms with E-state index in [0.717, 1.165) is 31.5 Å². The van der Waals surface area contributed by atoms with E-state index < -0.39 is 0 Å². The molecule has 3 heteroatoms. The Balaban J connectivity index is 2.22. The van der Waals surface area contributed by atoms with E-state index >= 15 is 0 Å². The average Bonchev–Trinajstić information content (AvgIpc) is 2.43. The molecule has 3 nitrogen and oxygen atoms in total. The van der Waals surface area contributed by atoms with Crippen LogP contribution in [0.5, 0.6) is 0 Å². The van der Waals surface area contributed by atoms with Crippen molar-refractivity contribution in [2.24, 2.45) is 11.7 Å². The second-order valence-corrected chi connectivity index (χ2v) is 5.67. The zero-order valence-corrected chi connectivity index (χ0v) is 12.5. The summed E-state index contributed by atoms with van der Waals surface area (Å²) in [5, 5.41) is 0. The van der Waals surface area contributed by atoms with Crippen molar-refractivity contribution in [2.75, 3.05) is 26.7 Å². The number of hydrogen-bond donors (Lipinski definition) is 1. The Morgan fingerprint density at radius 1 is 1.22 bits per heavy atom. The molecule has 2 N–H and O–H groups in total. The summed E-state index contributed by atoms with van der Waals surface area (Å²) < 4.78 is 5.61. The molecule has 1 aliphatic rings. The maximum Gasteiger partial charge on any atom is 0.0709 e. The summed E-state index contributed by atoms with van der Waals surface area (Å²) in [5.74, 6) is 0.981. The van der Waals surface area contributed by atoms with Gasteiger partial charge in [-0.05, 0) is 52.0 Å². The van der Waals surface area contributed by atoms with Crippen LogP contribution in [0.2, 0.25) is 0 Å². The molecule has 0 aromatic rings. The molecule has 0 amide bonds. The highest BCUT2D eigenvalue weighted by Crippen LogP contribution is 2.28. The third-order valence-corrected chi connectivity index (χ3v) is 4.49. The summed E-state index contributed by atoms with van der Waals surface area (Å²) in [7, 11) is 2.26. The first-order valence-corrected chi connectivity index (χ1v) is 7.73. The molecule has 0 spiro atoms. The van der Waals surface area contributed by atoms with Crippen LogP contribution in [-0.4, -0.2) is 43.8 Å². The summed E-state index contributed by atoms with van der Waals surface area (Å²) in [5.41, 5.74) is 5.72. The predicted octanol–water partition coefficient (Wildman–Crippen LogP) is 2.64. The highest BCUT2D eigenvalue weighted by atomic mass is 16.5. The molecular formula is C15H32N2O. The van der Waals surface area contributed by atoms with E-state index in [-0.39, 0.29) is 6.10 Å². The van der Waals surface area contributed by atoms with Gasteiger partial charge in [0.15, 0.2) is 0 Å². The van der Waals surface area contributed by atoms with Crippen LogP contribution in [0.4, 0.5) is 0 Å². The third-order valence-electron chi connectivity index (χ3n) is 4.49. The lowest BCUT2D eigenvalue weighted by Gasteiger charge is -2.35. The fourth-order valence-electron chi connectivity index (χ4n) is 3.03. The minimum atomic E-state index is 0.240. The van der Waals surface area contributed by atoms with Crippen molar-refractivity contribution in [3.63, 3.8) is 0 Å². The summed E-state index contributed by atoms with van der Waals surface area (Å²) >= 11 is 0. The van der Waals surface area contributed by atoms with Crippen LogP contribution in [-0.2, 0) is 4.74 Å². The first-order chi connectivity index (χ1) is 8.71. The lowest BCUT2D eigenvalue weighted by Crippen LogP contribution is -2.38. The van der Waals surface area contributed by atoms with Gasteiger partial charge in [-0.2, -0.15) is 0 Å². The van der Waals surface area contributed by atoms with Crippen molar-refractivity contribution >= 4 is 0 Å². The van der Waals surface area contributed by atoms with Crippen LogP contribution < -0.4 is 5.73 Å². The van der Waals surface area contributed by atoms with Crippen molar-refractivity contribution in [2.45, 2.75) is 64.5 Å². The fraction of sp³-hybridized carbons (Fsp3) is 1.00. The van der Waals surface area contributed by atoms with Crippen molar-refractivity contribution in [1.82, 2.24) is 4.90 Å². The smallest absolute Gasteiger partial charge is 0.0709 e. The molecule has 0 heterocycles. The normalized spacial score (nSPS) is 26.5. The van der Waals surface area contributed by atoms with Gasteiger partial charge in [-0.25, -0.2) is 0 Å². The second kappa shape index (κ2) is 8.89. The zero-order chi connectivity index (χ0) is 13.4. The SMILES string of the molecule is CCOC(CN)CCN(C)C1CCC(CC)CC1. The predicted molar refractivity (Wildman–Crippen MR) is 77.8 cm³/mol. The highest BCUT2D eigenvalue weighted by molar-refractivity contribution is 4.78. The van der Waals surface area contributed by atoms with Crippen molar-refractivity contribution < 1.29 is 4.74 Å². The largest absolute Gasteiger partial charge is 0.377 e. The van der Waals surface area contributed by atoms with Crippen LogP contribution in [0, 0.1) is 5.92 Å². The van der Waals surface area contributed by atoms with Crippen LogP contribution >= 0.6 is 0 Å². The molecule has 1 rings (SSSR count). The number of ether oxygens (including phenoxy) is 1. The van der Waals surface area contributed by atoms with Crippen molar-refractivity contribution in [3.8, 4) is 0 Å². The number of nitrogens with zero attached hydrogens (tertiary/aromatic N) is 1. The summed E-state index contributed by atoms with van der Waals surface area (Å²) in [6, 6.07) is 0.785. The van der Waals surface area contributed by atoms with Gasteiger partial charge in [0.25, 0.3) is 0 Å². The average molecular weight is 256 g/mol. The highest BCUT2D eigenvalue weighted by Gasteiger charge is 2.23. The monoisotopic (exact) mass is 256 g/mol. The molecule has 0 saturated heterocycles. The number of rotatable bonds is 8. The third kappa shape index (κ3) is 5.25. The molecule has 1 saturated carbocycles. The van der Waals surface area contributed by atoms with Crippen molar-refractivity contribution in [1.29, 1.82) is 0 Å². The van der Waals surface area contributed by atoms with Gasteiger partial charge >= 0.3 is 0 Å². The second-order valence-electron chi connectivity index (χ2n) is 5.67. The van der Waals surface area contributed by atoms with Gasteiger partial charge < -0.3 is 15.4 Å². The maximum absolute atomic E-state index is 5.72. The van der Waals surface area contributed by atoms with Crippen LogP contribution in [0.25, 0.3) is 0 Å². The Morgan fingerprint density at radius 2 is 1.89 bits per heavy atom. The summed E-state index contributed by atoms with van der Waals surface area (Å²) in [6.45, 7) is 6.89. The van der Waals surface area contributed by atoms with Gasteiger partial charge in [-0.1, -0.05) is 13.3 Å². The molecule has 1 unspecified atom stereocenters. The molecule has 108 valence electrons. The Bertz CT molecular complexity index is 203. The fourth-order valence-corrected chi connectivity index (χ4v) is 3.03. The minimum absolute atomic E-state index is 0.240. The molecule has 18 heavy (non-hydrogen) atoms. The standard InChI is InChI=1S/C15H32N2O/c1-4-13-6-8-14(9-7-13)17(3)11-10-15(12-16)18-5-2/h13-15H,4-12,16H2,1-3H3. The van der Waals surface area contributed by atoms with Gasteiger partial charge in [-0.3, -0.25) is 0 Å². The Morgan fingerprint density at radius 3 is 2.39 bits per heavy atom. The molecule has 1 fully saturated rings. The maximum atomic E-state index is 5.72. The van der Waals surface area contributed by atoms with E-state index in [0.29, 0.717) is 6.54 Å². The molecule has 0 bridgehead atoms. The summed E-state index contributed by atoms with van der Waals surface area (Å²) in [6.07, 6.45) is 8.23. The molecule has 0 aromatic heterocycles. The van der Waals surface area contributed by atoms with E-state index in [1.807, 2.05) is 6.92 Å². The lowest BCUT2D eigenvalue weighted by molar-refractivity contribution is 0.0496. The Hall–Kier alpha value is -0.120. The van der Waals surface area contributed by atoms with Crippen LogP contribution in [0.15, 0.2) is 0 Å². The van der Waals surface area contributed by atoms with Gasteiger partial charge in [0.05, 0.1) is 6.10 Å².